The van der Waals surface area contributed by atoms with Crippen LogP contribution in [0.3, 0.4) is 0 Å². The van der Waals surface area contributed by atoms with Gasteiger partial charge in [0.05, 0.1) is 21.1 Å². The molecule has 1 N–H and O–H groups in total. The van der Waals surface area contributed by atoms with Gasteiger partial charge < -0.3 is 14.3 Å². The van der Waals surface area contributed by atoms with E-state index in [1.165, 1.54) is 16.7 Å². The van der Waals surface area contributed by atoms with Crippen molar-refractivity contribution in [2.45, 2.75) is 27.2 Å². The van der Waals surface area contributed by atoms with Crippen molar-refractivity contribution in [2.24, 2.45) is 0 Å². The van der Waals surface area contributed by atoms with Crippen LogP contribution in [0.2, 0.25) is 0 Å². The smallest absolute Gasteiger partial charge is 0.137 e. The molecule has 32 heavy (non-hydrogen) atoms. The first-order valence-electron chi connectivity index (χ1n) is 11.5. The molecule has 3 nitrogen and oxygen atoms in total. The molecule has 0 aliphatic carbocycles. The Kier molecular flexibility index (Phi) is 9.55. The van der Waals surface area contributed by atoms with E-state index in [9.17, 15) is 5.11 Å². The fourth-order valence-corrected chi connectivity index (χ4v) is 3.46. The molecule has 0 spiro atoms. The summed E-state index contributed by atoms with van der Waals surface area (Å²) in [6, 6.07) is 26.3. The average Bonchev–Trinajstić information content (AvgIpc) is 2.80. The molecule has 0 saturated carbocycles. The van der Waals surface area contributed by atoms with Crippen molar-refractivity contribution in [3.8, 4) is 11.5 Å². The van der Waals surface area contributed by atoms with Gasteiger partial charge in [0.2, 0.25) is 0 Å². The third-order valence-electron chi connectivity index (χ3n) is 5.11. The van der Waals surface area contributed by atoms with E-state index in [0.717, 1.165) is 34.3 Å². The quantitative estimate of drug-likeness (QED) is 0.311. The van der Waals surface area contributed by atoms with Crippen LogP contribution >= 0.6 is 0 Å². The van der Waals surface area contributed by atoms with Gasteiger partial charge in [-0.1, -0.05) is 75.4 Å². The van der Waals surface area contributed by atoms with E-state index in [1.807, 2.05) is 44.2 Å². The Balaban J connectivity index is 0.00000176. The maximum atomic E-state index is 9.76. The lowest BCUT2D eigenvalue weighted by Gasteiger charge is -2.23. The summed E-state index contributed by atoms with van der Waals surface area (Å²) in [5, 5.41) is 9.76. The van der Waals surface area contributed by atoms with Crippen molar-refractivity contribution in [1.82, 2.24) is 0 Å². The largest absolute Gasteiger partial charge is 0.508 e. The Morgan fingerprint density at radius 2 is 1.28 bits per heavy atom. The zero-order valence-electron chi connectivity index (χ0n) is 20.4. The molecule has 0 unspecified atom stereocenters. The first kappa shape index (κ1) is 25.2. The molecular weight excluding hydrogens is 394 g/mol. The van der Waals surface area contributed by atoms with E-state index >= 15 is 0 Å². The normalized spacial score (nSPS) is 11.8. The number of ether oxygens (including phenoxy) is 1. The number of phenols is 1. The van der Waals surface area contributed by atoms with Gasteiger partial charge in [0.1, 0.15) is 24.7 Å². The number of likely N-dealkylation sites (N-methyl/N-ethyl adjacent to an activating group) is 1. The summed E-state index contributed by atoms with van der Waals surface area (Å²) in [5.74, 6) is 1.16. The first-order chi connectivity index (χ1) is 15.4. The maximum Gasteiger partial charge on any atom is 0.137 e. The van der Waals surface area contributed by atoms with E-state index in [0.29, 0.717) is 6.61 Å². The van der Waals surface area contributed by atoms with Crippen molar-refractivity contribution in [3.05, 3.63) is 95.6 Å². The molecule has 0 amide bonds. The lowest BCUT2D eigenvalue weighted by Crippen LogP contribution is -2.38. The number of hydrogen-bond acceptors (Lipinski definition) is 2. The molecule has 170 valence electrons. The monoisotopic (exact) mass is 432 g/mol. The molecule has 0 saturated heterocycles. The number of benzene rings is 3. The topological polar surface area (TPSA) is 29.5 Å². The second-order valence-electron chi connectivity index (χ2n) is 8.51. The van der Waals surface area contributed by atoms with E-state index in [2.05, 4.69) is 64.5 Å². The molecule has 0 aromatic heterocycles. The van der Waals surface area contributed by atoms with Gasteiger partial charge in [-0.3, -0.25) is 0 Å². The number of hydrogen-bond donors (Lipinski definition) is 1. The van der Waals surface area contributed by atoms with Crippen molar-refractivity contribution in [3.63, 3.8) is 0 Å². The average molecular weight is 433 g/mol. The SMILES string of the molecule is CC.CC/C(=C(/c1ccc(O)cc1)c1ccc(OCC[N+](C)(C)C)cc1)c1ccccc1. The van der Waals surface area contributed by atoms with Crippen LogP contribution in [0.4, 0.5) is 0 Å². The third-order valence-corrected chi connectivity index (χ3v) is 5.11. The van der Waals surface area contributed by atoms with Crippen LogP contribution in [0.1, 0.15) is 43.9 Å². The molecule has 0 bridgehead atoms. The van der Waals surface area contributed by atoms with Crippen molar-refractivity contribution in [2.75, 3.05) is 34.3 Å². The van der Waals surface area contributed by atoms with Gasteiger partial charge in [-0.05, 0) is 58.5 Å². The predicted octanol–water partition coefficient (Wildman–Crippen LogP) is 6.87. The Morgan fingerprint density at radius 1 is 0.750 bits per heavy atom. The lowest BCUT2D eigenvalue weighted by atomic mass is 9.88. The van der Waals surface area contributed by atoms with Crippen molar-refractivity contribution < 1.29 is 14.3 Å². The van der Waals surface area contributed by atoms with Crippen LogP contribution in [0.25, 0.3) is 11.1 Å². The lowest BCUT2D eigenvalue weighted by molar-refractivity contribution is -0.870. The van der Waals surface area contributed by atoms with E-state index in [-0.39, 0.29) is 5.75 Å². The number of aromatic hydroxyl groups is 1. The van der Waals surface area contributed by atoms with E-state index in [1.54, 1.807) is 12.1 Å². The minimum absolute atomic E-state index is 0.275. The first-order valence-corrected chi connectivity index (χ1v) is 11.5. The highest BCUT2D eigenvalue weighted by molar-refractivity contribution is 5.98. The molecule has 0 aliphatic heterocycles. The summed E-state index contributed by atoms with van der Waals surface area (Å²) < 4.78 is 6.82. The van der Waals surface area contributed by atoms with Gasteiger partial charge in [0.25, 0.3) is 0 Å². The molecule has 0 aliphatic rings. The fraction of sp³-hybridized carbons (Fsp3) is 0.310. The number of allylic oxidation sites excluding steroid dienone is 1. The summed E-state index contributed by atoms with van der Waals surface area (Å²) in [5.41, 5.74) is 5.90. The van der Waals surface area contributed by atoms with Crippen molar-refractivity contribution >= 4 is 11.1 Å². The molecule has 0 heterocycles. The van der Waals surface area contributed by atoms with Crippen LogP contribution in [0.5, 0.6) is 11.5 Å². The van der Waals surface area contributed by atoms with Gasteiger partial charge in [-0.25, -0.2) is 0 Å². The highest BCUT2D eigenvalue weighted by Gasteiger charge is 2.13. The standard InChI is InChI=1S/C27H31NO2.C2H6/c1-5-26(21-9-7-6-8-10-21)27(22-11-15-24(29)16-12-22)23-13-17-25(18-14-23)30-20-19-28(2,3)4;1-2/h6-18H,5,19-20H2,1-4H3;1-2H3/p+1/b27-26+;. The van der Waals surface area contributed by atoms with Crippen LogP contribution in [0, 0.1) is 0 Å². The summed E-state index contributed by atoms with van der Waals surface area (Å²) >= 11 is 0. The summed E-state index contributed by atoms with van der Waals surface area (Å²) in [7, 11) is 6.49. The maximum absolute atomic E-state index is 9.76. The summed E-state index contributed by atoms with van der Waals surface area (Å²) in [6.45, 7) is 7.83. The minimum atomic E-state index is 0.275. The predicted molar refractivity (Wildman–Crippen MR) is 137 cm³/mol. The van der Waals surface area contributed by atoms with Gasteiger partial charge in [-0.2, -0.15) is 0 Å². The molecule has 3 rings (SSSR count). The molecule has 0 fully saturated rings. The third kappa shape index (κ3) is 7.28. The molecule has 0 atom stereocenters. The zero-order valence-corrected chi connectivity index (χ0v) is 20.4. The molecule has 3 heteroatoms. The zero-order chi connectivity index (χ0) is 23.6. The second-order valence-corrected chi connectivity index (χ2v) is 8.51. The van der Waals surface area contributed by atoms with Gasteiger partial charge >= 0.3 is 0 Å². The Labute approximate surface area is 194 Å². The fourth-order valence-electron chi connectivity index (χ4n) is 3.46. The Hall–Kier alpha value is -3.04. The van der Waals surface area contributed by atoms with Crippen molar-refractivity contribution in [1.29, 1.82) is 0 Å². The summed E-state index contributed by atoms with van der Waals surface area (Å²) in [4.78, 5) is 0. The molecule has 3 aromatic rings. The van der Waals surface area contributed by atoms with Gasteiger partial charge in [0, 0.05) is 0 Å². The highest BCUT2D eigenvalue weighted by atomic mass is 16.5. The minimum Gasteiger partial charge on any atom is -0.508 e. The highest BCUT2D eigenvalue weighted by Crippen LogP contribution is 2.35. The van der Waals surface area contributed by atoms with Gasteiger partial charge in [-0.15, -0.1) is 0 Å². The Morgan fingerprint density at radius 3 is 1.78 bits per heavy atom. The van der Waals surface area contributed by atoms with Crippen LogP contribution < -0.4 is 4.74 Å². The summed E-state index contributed by atoms with van der Waals surface area (Å²) in [6.07, 6.45) is 0.905. The van der Waals surface area contributed by atoms with E-state index in [4.69, 9.17) is 4.74 Å². The number of nitrogens with zero attached hydrogens (tertiary/aromatic N) is 1. The van der Waals surface area contributed by atoms with E-state index < -0.39 is 0 Å². The van der Waals surface area contributed by atoms with Crippen LogP contribution in [0.15, 0.2) is 78.9 Å². The molecule has 3 aromatic carbocycles. The van der Waals surface area contributed by atoms with Gasteiger partial charge in [0.15, 0.2) is 0 Å². The second kappa shape index (κ2) is 12.1. The molecular formula is C29H38NO2+. The molecule has 0 radical (unpaired) electrons. The number of phenolic OH excluding ortho intramolecular Hbond substituents is 1. The number of quaternary nitrogens is 1. The Bertz CT molecular complexity index is 966. The van der Waals surface area contributed by atoms with Crippen LogP contribution in [-0.2, 0) is 0 Å². The number of rotatable bonds is 8. The van der Waals surface area contributed by atoms with Crippen LogP contribution in [-0.4, -0.2) is 43.9 Å².